The monoisotopic (exact) mass is 366 g/mol. The number of morpholine rings is 1. The van der Waals surface area contributed by atoms with Crippen LogP contribution in [0.3, 0.4) is 0 Å². The second-order valence-corrected chi connectivity index (χ2v) is 7.05. The van der Waals surface area contributed by atoms with Crippen molar-refractivity contribution in [1.29, 1.82) is 0 Å². The first kappa shape index (κ1) is 17.5. The van der Waals surface area contributed by atoms with Gasteiger partial charge in [-0.1, -0.05) is 18.2 Å². The molecule has 6 heteroatoms. The highest BCUT2D eigenvalue weighted by molar-refractivity contribution is 6.02. The highest BCUT2D eigenvalue weighted by Crippen LogP contribution is 2.29. The number of amides is 1. The molecule has 0 saturated carbocycles. The van der Waals surface area contributed by atoms with Crippen molar-refractivity contribution in [2.45, 2.75) is 18.9 Å². The summed E-state index contributed by atoms with van der Waals surface area (Å²) in [4.78, 5) is 27.3. The number of rotatable bonds is 3. The second-order valence-electron chi connectivity index (χ2n) is 7.05. The molecule has 1 atom stereocenters. The quantitative estimate of drug-likeness (QED) is 0.846. The fourth-order valence-corrected chi connectivity index (χ4v) is 3.50. The van der Waals surface area contributed by atoms with Crippen LogP contribution in [0.5, 0.6) is 0 Å². The number of carbonyl (C=O) groups is 2. The fraction of sp³-hybridized carbons (Fsp3) is 0.333. The highest BCUT2D eigenvalue weighted by atomic mass is 16.6. The van der Waals surface area contributed by atoms with E-state index in [4.69, 9.17) is 9.47 Å². The van der Waals surface area contributed by atoms with E-state index in [0.29, 0.717) is 17.7 Å². The minimum Gasteiger partial charge on any atom is -0.445 e. The molecular formula is C21H22N2O4. The summed E-state index contributed by atoms with van der Waals surface area (Å²) < 4.78 is 10.8. The Bertz CT molecular complexity index is 859. The van der Waals surface area contributed by atoms with E-state index in [0.717, 1.165) is 37.6 Å². The maximum Gasteiger partial charge on any atom is 0.339 e. The van der Waals surface area contributed by atoms with Crippen LogP contribution in [0.1, 0.15) is 22.8 Å². The van der Waals surface area contributed by atoms with Gasteiger partial charge in [0.25, 0.3) is 5.91 Å². The number of anilines is 2. The topological polar surface area (TPSA) is 67.9 Å². The standard InChI is InChI=1S/C21H22N2O4/c1-21(14-15-4-2-3-5-18(15)19(24)27-21)20(25)22-16-6-8-17(9-7-16)23-10-12-26-13-11-23/h2-9H,10-14H2,1H3,(H,22,25)/t21-/m1/s1. The third kappa shape index (κ3) is 3.53. The predicted octanol–water partition coefficient (Wildman–Crippen LogP) is 2.63. The molecule has 2 aromatic rings. The summed E-state index contributed by atoms with van der Waals surface area (Å²) in [5.74, 6) is -0.790. The first-order valence-electron chi connectivity index (χ1n) is 9.11. The number of fused-ring (bicyclic) bond motifs is 1. The lowest BCUT2D eigenvalue weighted by Gasteiger charge is -2.33. The zero-order valence-corrected chi connectivity index (χ0v) is 15.2. The van der Waals surface area contributed by atoms with E-state index in [1.807, 2.05) is 36.4 Å². The molecule has 140 valence electrons. The van der Waals surface area contributed by atoms with Gasteiger partial charge in [-0.2, -0.15) is 0 Å². The Kier molecular flexibility index (Phi) is 4.58. The van der Waals surface area contributed by atoms with Gasteiger partial charge in [-0.25, -0.2) is 4.79 Å². The van der Waals surface area contributed by atoms with Crippen LogP contribution in [0.4, 0.5) is 11.4 Å². The lowest BCUT2D eigenvalue weighted by Crippen LogP contribution is -2.48. The van der Waals surface area contributed by atoms with E-state index in [2.05, 4.69) is 10.2 Å². The van der Waals surface area contributed by atoms with Crippen LogP contribution < -0.4 is 10.2 Å². The van der Waals surface area contributed by atoms with Crippen LogP contribution in [0, 0.1) is 0 Å². The van der Waals surface area contributed by atoms with Crippen LogP contribution in [0.25, 0.3) is 0 Å². The fourth-order valence-electron chi connectivity index (χ4n) is 3.50. The average Bonchev–Trinajstić information content (AvgIpc) is 2.69. The molecule has 1 amide bonds. The van der Waals surface area contributed by atoms with Crippen LogP contribution in [-0.2, 0) is 20.7 Å². The van der Waals surface area contributed by atoms with E-state index in [1.165, 1.54) is 0 Å². The Morgan fingerprint density at radius 1 is 1.07 bits per heavy atom. The van der Waals surface area contributed by atoms with Gasteiger partial charge in [-0.3, -0.25) is 4.79 Å². The van der Waals surface area contributed by atoms with Crippen molar-refractivity contribution in [1.82, 2.24) is 0 Å². The van der Waals surface area contributed by atoms with E-state index >= 15 is 0 Å². The number of esters is 1. The minimum atomic E-state index is -1.23. The van der Waals surface area contributed by atoms with E-state index in [1.54, 1.807) is 19.1 Å². The number of hydrogen-bond donors (Lipinski definition) is 1. The number of nitrogens with zero attached hydrogens (tertiary/aromatic N) is 1. The van der Waals surface area contributed by atoms with Gasteiger partial charge in [0.1, 0.15) is 0 Å². The first-order chi connectivity index (χ1) is 13.0. The molecule has 0 radical (unpaired) electrons. The van der Waals surface area contributed by atoms with Gasteiger partial charge in [0.15, 0.2) is 5.60 Å². The van der Waals surface area contributed by atoms with Crippen LogP contribution >= 0.6 is 0 Å². The van der Waals surface area contributed by atoms with Gasteiger partial charge in [0, 0.05) is 30.9 Å². The molecule has 2 aliphatic heterocycles. The molecule has 1 N–H and O–H groups in total. The summed E-state index contributed by atoms with van der Waals surface area (Å²) >= 11 is 0. The van der Waals surface area contributed by atoms with Crippen LogP contribution in [0.2, 0.25) is 0 Å². The Morgan fingerprint density at radius 2 is 1.78 bits per heavy atom. The van der Waals surface area contributed by atoms with Gasteiger partial charge in [-0.05, 0) is 42.8 Å². The van der Waals surface area contributed by atoms with Gasteiger partial charge in [0.2, 0.25) is 0 Å². The van der Waals surface area contributed by atoms with Crippen molar-refractivity contribution >= 4 is 23.3 Å². The summed E-state index contributed by atoms with van der Waals surface area (Å²) in [6.07, 6.45) is 0.354. The van der Waals surface area contributed by atoms with Gasteiger partial charge >= 0.3 is 5.97 Å². The number of nitrogens with one attached hydrogen (secondary N) is 1. The molecule has 0 aromatic heterocycles. The number of hydrogen-bond acceptors (Lipinski definition) is 5. The SMILES string of the molecule is C[C@]1(C(=O)Nc2ccc(N3CCOCC3)cc2)Cc2ccccc2C(=O)O1. The summed E-state index contributed by atoms with van der Waals surface area (Å²) in [6, 6.07) is 14.9. The van der Waals surface area contributed by atoms with Crippen molar-refractivity contribution < 1.29 is 19.1 Å². The molecular weight excluding hydrogens is 344 g/mol. The summed E-state index contributed by atoms with van der Waals surface area (Å²) in [5.41, 5.74) is 1.90. The lowest BCUT2D eigenvalue weighted by atomic mass is 9.89. The number of cyclic esters (lactones) is 1. The van der Waals surface area contributed by atoms with Crippen molar-refractivity contribution in [3.05, 3.63) is 59.7 Å². The van der Waals surface area contributed by atoms with Crippen molar-refractivity contribution in [3.8, 4) is 0 Å². The van der Waals surface area contributed by atoms with Crippen molar-refractivity contribution in [2.24, 2.45) is 0 Å². The van der Waals surface area contributed by atoms with Gasteiger partial charge in [0.05, 0.1) is 18.8 Å². The molecule has 0 unspecified atom stereocenters. The summed E-state index contributed by atoms with van der Waals surface area (Å²) in [5, 5.41) is 2.87. The Labute approximate surface area is 158 Å². The lowest BCUT2D eigenvalue weighted by molar-refractivity contribution is -0.134. The third-order valence-corrected chi connectivity index (χ3v) is 5.06. The predicted molar refractivity (Wildman–Crippen MR) is 102 cm³/mol. The number of carbonyl (C=O) groups excluding carboxylic acids is 2. The molecule has 27 heavy (non-hydrogen) atoms. The summed E-state index contributed by atoms with van der Waals surface area (Å²) in [7, 11) is 0. The molecule has 1 fully saturated rings. The van der Waals surface area contributed by atoms with E-state index in [9.17, 15) is 9.59 Å². The Balaban J connectivity index is 1.46. The molecule has 2 heterocycles. The van der Waals surface area contributed by atoms with Crippen molar-refractivity contribution in [2.75, 3.05) is 36.5 Å². The minimum absolute atomic E-state index is 0.329. The third-order valence-electron chi connectivity index (χ3n) is 5.06. The second kappa shape index (κ2) is 7.04. The van der Waals surface area contributed by atoms with E-state index in [-0.39, 0.29) is 5.91 Å². The molecule has 4 rings (SSSR count). The normalized spacial score (nSPS) is 22.0. The smallest absolute Gasteiger partial charge is 0.339 e. The molecule has 2 aliphatic rings. The molecule has 0 spiro atoms. The zero-order chi connectivity index (χ0) is 18.9. The molecule has 6 nitrogen and oxygen atoms in total. The molecule has 0 aliphatic carbocycles. The van der Waals surface area contributed by atoms with Gasteiger partial charge < -0.3 is 19.7 Å². The van der Waals surface area contributed by atoms with Crippen LogP contribution in [0.15, 0.2) is 48.5 Å². The average molecular weight is 366 g/mol. The number of ether oxygens (including phenoxy) is 2. The summed E-state index contributed by atoms with van der Waals surface area (Å²) in [6.45, 7) is 4.82. The zero-order valence-electron chi connectivity index (χ0n) is 15.2. The Morgan fingerprint density at radius 3 is 2.52 bits per heavy atom. The maximum absolute atomic E-state index is 12.8. The maximum atomic E-state index is 12.8. The molecule has 1 saturated heterocycles. The number of benzene rings is 2. The van der Waals surface area contributed by atoms with E-state index < -0.39 is 11.6 Å². The molecule has 0 bridgehead atoms. The Hall–Kier alpha value is -2.86. The first-order valence-corrected chi connectivity index (χ1v) is 9.11. The molecule has 2 aromatic carbocycles. The largest absolute Gasteiger partial charge is 0.445 e. The van der Waals surface area contributed by atoms with Crippen molar-refractivity contribution in [3.63, 3.8) is 0 Å². The highest BCUT2D eigenvalue weighted by Gasteiger charge is 2.42. The van der Waals surface area contributed by atoms with Gasteiger partial charge in [-0.15, -0.1) is 0 Å². The van der Waals surface area contributed by atoms with Crippen LogP contribution in [-0.4, -0.2) is 43.8 Å².